The number of carbonyl (C=O) groups excluding carboxylic acids is 2. The second-order valence-corrected chi connectivity index (χ2v) is 9.38. The van der Waals surface area contributed by atoms with Crippen LogP contribution < -0.4 is 5.32 Å². The number of alkyl carbamates (subject to hydrolysis) is 1. The van der Waals surface area contributed by atoms with E-state index >= 15 is 0 Å². The van der Waals surface area contributed by atoms with Crippen LogP contribution in [-0.4, -0.2) is 65.2 Å². The highest BCUT2D eigenvalue weighted by atomic mass is 32.2. The summed E-state index contributed by atoms with van der Waals surface area (Å²) >= 11 is 1.56. The monoisotopic (exact) mass is 468 g/mol. The lowest BCUT2D eigenvalue weighted by atomic mass is 9.98. The number of ether oxygens (including phenoxy) is 1. The van der Waals surface area contributed by atoms with E-state index in [4.69, 9.17) is 4.74 Å². The van der Waals surface area contributed by atoms with E-state index in [0.717, 1.165) is 5.75 Å². The summed E-state index contributed by atoms with van der Waals surface area (Å²) in [5.41, 5.74) is 4.70. The van der Waals surface area contributed by atoms with Crippen molar-refractivity contribution in [1.29, 1.82) is 0 Å². The number of unbranched alkanes of at least 4 members (excludes halogenated alkanes) is 1. The van der Waals surface area contributed by atoms with Gasteiger partial charge in [0.2, 0.25) is 5.91 Å². The molecule has 2 N–H and O–H groups in total. The highest BCUT2D eigenvalue weighted by Crippen LogP contribution is 2.44. The number of carboxylic acids is 1. The Labute approximate surface area is 197 Å². The van der Waals surface area contributed by atoms with Gasteiger partial charge in [0, 0.05) is 36.9 Å². The molecule has 2 amide bonds. The molecule has 2 aliphatic rings. The van der Waals surface area contributed by atoms with Crippen LogP contribution in [0.15, 0.2) is 48.5 Å². The van der Waals surface area contributed by atoms with Gasteiger partial charge in [-0.3, -0.25) is 4.79 Å². The minimum atomic E-state index is -0.951. The molecule has 1 heterocycles. The number of benzene rings is 2. The zero-order valence-corrected chi connectivity index (χ0v) is 19.2. The van der Waals surface area contributed by atoms with Crippen LogP contribution in [-0.2, 0) is 14.3 Å². The Morgan fingerprint density at radius 3 is 2.36 bits per heavy atom. The summed E-state index contributed by atoms with van der Waals surface area (Å²) in [5.74, 6) is 0.130. The van der Waals surface area contributed by atoms with E-state index < -0.39 is 18.1 Å². The van der Waals surface area contributed by atoms with Crippen molar-refractivity contribution in [3.05, 3.63) is 59.7 Å². The predicted molar refractivity (Wildman–Crippen MR) is 127 cm³/mol. The van der Waals surface area contributed by atoms with Gasteiger partial charge in [-0.2, -0.15) is 11.8 Å². The molecular formula is C25H28N2O5S. The highest BCUT2D eigenvalue weighted by molar-refractivity contribution is 7.99. The average molecular weight is 469 g/mol. The van der Waals surface area contributed by atoms with Gasteiger partial charge < -0.3 is 20.1 Å². The first-order valence-electron chi connectivity index (χ1n) is 11.2. The molecule has 1 unspecified atom stereocenters. The molecule has 2 aromatic rings. The van der Waals surface area contributed by atoms with Crippen LogP contribution in [0.1, 0.15) is 36.3 Å². The van der Waals surface area contributed by atoms with Crippen LogP contribution in [0.25, 0.3) is 11.1 Å². The minimum Gasteiger partial charge on any atom is -0.480 e. The molecule has 1 aliphatic carbocycles. The molecule has 0 saturated carbocycles. The van der Waals surface area contributed by atoms with Crippen LogP contribution in [0.4, 0.5) is 4.79 Å². The quantitative estimate of drug-likeness (QED) is 0.573. The number of nitrogens with one attached hydrogen (secondary N) is 1. The molecular weight excluding hydrogens is 440 g/mol. The molecule has 2 aromatic carbocycles. The van der Waals surface area contributed by atoms with Crippen LogP contribution in [0, 0.1) is 0 Å². The summed E-state index contributed by atoms with van der Waals surface area (Å²) in [5, 5.41) is 12.0. The number of aliphatic carboxylic acids is 1. The van der Waals surface area contributed by atoms with Crippen LogP contribution in [0.2, 0.25) is 0 Å². The van der Waals surface area contributed by atoms with Crippen molar-refractivity contribution >= 4 is 29.7 Å². The van der Waals surface area contributed by atoms with Crippen molar-refractivity contribution in [2.45, 2.75) is 31.2 Å². The van der Waals surface area contributed by atoms with Gasteiger partial charge in [-0.1, -0.05) is 48.5 Å². The third kappa shape index (κ3) is 5.33. The lowest BCUT2D eigenvalue weighted by molar-refractivity contribution is -0.149. The maximum absolute atomic E-state index is 12.4. The SMILES string of the molecule is O=C(NCCCCC(=O)N1CCSCC1C(=O)O)OCC1c2ccccc2-c2ccccc21. The normalized spacial score (nSPS) is 17.2. The Bertz CT molecular complexity index is 982. The maximum atomic E-state index is 12.4. The molecule has 1 atom stereocenters. The summed E-state index contributed by atoms with van der Waals surface area (Å²) < 4.78 is 5.51. The zero-order chi connectivity index (χ0) is 23.2. The van der Waals surface area contributed by atoms with Crippen LogP contribution in [0.3, 0.4) is 0 Å². The zero-order valence-electron chi connectivity index (χ0n) is 18.4. The first kappa shape index (κ1) is 23.2. The summed E-state index contributed by atoms with van der Waals surface area (Å²) in [7, 11) is 0. The Balaban J connectivity index is 1.19. The van der Waals surface area contributed by atoms with Gasteiger partial charge in [-0.25, -0.2) is 9.59 Å². The van der Waals surface area contributed by atoms with Crippen molar-refractivity contribution in [2.75, 3.05) is 31.2 Å². The molecule has 0 aromatic heterocycles. The number of hydrogen-bond acceptors (Lipinski definition) is 5. The van der Waals surface area contributed by atoms with E-state index in [2.05, 4.69) is 29.6 Å². The Morgan fingerprint density at radius 2 is 1.70 bits per heavy atom. The van der Waals surface area contributed by atoms with Crippen molar-refractivity contribution in [1.82, 2.24) is 10.2 Å². The summed E-state index contributed by atoms with van der Waals surface area (Å²) in [6.45, 7) is 1.14. The summed E-state index contributed by atoms with van der Waals surface area (Å²) in [4.78, 5) is 37.4. The van der Waals surface area contributed by atoms with E-state index in [9.17, 15) is 19.5 Å². The number of carbonyl (C=O) groups is 3. The number of thioether (sulfide) groups is 1. The lowest BCUT2D eigenvalue weighted by Crippen LogP contribution is -2.50. The Kier molecular flexibility index (Phi) is 7.54. The van der Waals surface area contributed by atoms with Crippen molar-refractivity contribution < 1.29 is 24.2 Å². The molecule has 1 aliphatic heterocycles. The van der Waals surface area contributed by atoms with E-state index in [-0.39, 0.29) is 24.9 Å². The number of nitrogens with zero attached hydrogens (tertiary/aromatic N) is 1. The smallest absolute Gasteiger partial charge is 0.407 e. The van der Waals surface area contributed by atoms with Gasteiger partial charge in [0.15, 0.2) is 0 Å². The fourth-order valence-corrected chi connectivity index (χ4v) is 5.53. The third-order valence-corrected chi connectivity index (χ3v) is 7.19. The topological polar surface area (TPSA) is 95.9 Å². The van der Waals surface area contributed by atoms with Gasteiger partial charge >= 0.3 is 12.1 Å². The maximum Gasteiger partial charge on any atom is 0.407 e. The van der Waals surface area contributed by atoms with Crippen molar-refractivity contribution in [3.63, 3.8) is 0 Å². The van der Waals surface area contributed by atoms with E-state index in [1.54, 1.807) is 11.8 Å². The lowest BCUT2D eigenvalue weighted by Gasteiger charge is -2.32. The first-order valence-corrected chi connectivity index (χ1v) is 12.4. The second-order valence-electron chi connectivity index (χ2n) is 8.23. The van der Waals surface area contributed by atoms with Gasteiger partial charge in [-0.05, 0) is 35.1 Å². The van der Waals surface area contributed by atoms with E-state index in [0.29, 0.717) is 31.7 Å². The molecule has 1 fully saturated rings. The van der Waals surface area contributed by atoms with Crippen molar-refractivity contribution in [2.24, 2.45) is 0 Å². The molecule has 0 radical (unpaired) electrons. The van der Waals surface area contributed by atoms with Gasteiger partial charge in [0.1, 0.15) is 12.6 Å². The van der Waals surface area contributed by atoms with Gasteiger partial charge in [0.05, 0.1) is 0 Å². The molecule has 7 nitrogen and oxygen atoms in total. The third-order valence-electron chi connectivity index (χ3n) is 6.16. The molecule has 0 spiro atoms. The molecule has 0 bridgehead atoms. The Hall–Kier alpha value is -3.00. The fraction of sp³-hybridized carbons (Fsp3) is 0.400. The number of rotatable bonds is 8. The molecule has 174 valence electrons. The number of hydrogen-bond donors (Lipinski definition) is 2. The molecule has 8 heteroatoms. The summed E-state index contributed by atoms with van der Waals surface area (Å²) in [6, 6.07) is 15.6. The standard InChI is InChI=1S/C25H28N2O5S/c28-23(27-13-14-33-16-22(27)24(29)30)11-5-6-12-26-25(31)32-15-21-19-9-3-1-7-17(19)18-8-2-4-10-20(18)21/h1-4,7-10,21-22H,5-6,11-16H2,(H,26,31)(H,29,30). The predicted octanol–water partition coefficient (Wildman–Crippen LogP) is 3.72. The average Bonchev–Trinajstić information content (AvgIpc) is 3.16. The number of amides is 2. The Morgan fingerprint density at radius 1 is 1.03 bits per heavy atom. The highest BCUT2D eigenvalue weighted by Gasteiger charge is 2.32. The second kappa shape index (κ2) is 10.7. The first-order chi connectivity index (χ1) is 16.1. The van der Waals surface area contributed by atoms with Crippen LogP contribution >= 0.6 is 11.8 Å². The number of carboxylic acid groups (broad SMARTS) is 1. The van der Waals surface area contributed by atoms with E-state index in [1.807, 2.05) is 24.3 Å². The number of fused-ring (bicyclic) bond motifs is 3. The molecule has 33 heavy (non-hydrogen) atoms. The molecule has 4 rings (SSSR count). The fourth-order valence-electron chi connectivity index (χ4n) is 4.49. The van der Waals surface area contributed by atoms with Crippen LogP contribution in [0.5, 0.6) is 0 Å². The van der Waals surface area contributed by atoms with E-state index in [1.165, 1.54) is 27.2 Å². The molecule has 1 saturated heterocycles. The van der Waals surface area contributed by atoms with Gasteiger partial charge in [0.25, 0.3) is 0 Å². The minimum absolute atomic E-state index is 0.0191. The van der Waals surface area contributed by atoms with Gasteiger partial charge in [-0.15, -0.1) is 0 Å². The largest absolute Gasteiger partial charge is 0.480 e. The van der Waals surface area contributed by atoms with Crippen molar-refractivity contribution in [3.8, 4) is 11.1 Å². The summed E-state index contributed by atoms with van der Waals surface area (Å²) in [6.07, 6.45) is 1.01.